The zero-order valence-electron chi connectivity index (χ0n) is 15.2. The van der Waals surface area contributed by atoms with Gasteiger partial charge < -0.3 is 9.88 Å². The predicted octanol–water partition coefficient (Wildman–Crippen LogP) is 5.33. The van der Waals surface area contributed by atoms with E-state index in [9.17, 15) is 4.79 Å². The first-order valence-corrected chi connectivity index (χ1v) is 12.2. The third kappa shape index (κ3) is 4.22. The van der Waals surface area contributed by atoms with E-state index in [1.54, 1.807) is 0 Å². The number of aromatic nitrogens is 2. The smallest absolute Gasteiger partial charge is 0.223 e. The Morgan fingerprint density at radius 2 is 2.15 bits per heavy atom. The number of aromatic amines is 1. The molecule has 4 nitrogen and oxygen atoms in total. The second-order valence-electron chi connectivity index (χ2n) is 7.31. The Bertz CT molecular complexity index is 708. The van der Waals surface area contributed by atoms with Gasteiger partial charge in [-0.25, -0.2) is 4.98 Å². The van der Waals surface area contributed by atoms with Crippen molar-refractivity contribution in [2.75, 3.05) is 12.3 Å². The molecule has 2 aliphatic heterocycles. The van der Waals surface area contributed by atoms with Crippen LogP contribution < -0.4 is 0 Å². The molecule has 0 bridgehead atoms. The van der Waals surface area contributed by atoms with E-state index >= 15 is 0 Å². The van der Waals surface area contributed by atoms with Crippen LogP contribution in [0.15, 0.2) is 24.3 Å². The van der Waals surface area contributed by atoms with Crippen molar-refractivity contribution in [1.29, 1.82) is 0 Å². The van der Waals surface area contributed by atoms with Gasteiger partial charge in [0, 0.05) is 24.0 Å². The molecule has 1 aromatic heterocycles. The lowest BCUT2D eigenvalue weighted by molar-refractivity contribution is -0.135. The summed E-state index contributed by atoms with van der Waals surface area (Å²) in [7, 11) is 4.04. The SMILES string of the molecule is O=C(CCCC[C@@H]1CCSS1)N1CCCC[C@@H]1c1nc2ccccc2[nH]1. The molecule has 4 rings (SSSR count). The standard InChI is InChI=1S/C20H27N3OS2/c24-19(11-4-1-7-15-12-14-25-26-15)23-13-6-5-10-18(23)20-21-16-8-2-3-9-17(16)22-20/h2-3,8-9,15,18H,1,4-7,10-14H2,(H,21,22)/t15-,18-/m1/s1. The summed E-state index contributed by atoms with van der Waals surface area (Å²) in [5.74, 6) is 2.56. The molecule has 2 aliphatic rings. The van der Waals surface area contributed by atoms with Crippen LogP contribution in [0.5, 0.6) is 0 Å². The number of unbranched alkanes of at least 4 members (excludes halogenated alkanes) is 1. The minimum atomic E-state index is 0.116. The maximum atomic E-state index is 12.9. The molecule has 1 aromatic carbocycles. The monoisotopic (exact) mass is 389 g/mol. The molecule has 0 spiro atoms. The predicted molar refractivity (Wildman–Crippen MR) is 111 cm³/mol. The Morgan fingerprint density at radius 1 is 1.23 bits per heavy atom. The van der Waals surface area contributed by atoms with E-state index < -0.39 is 0 Å². The van der Waals surface area contributed by atoms with Gasteiger partial charge in [0.25, 0.3) is 0 Å². The van der Waals surface area contributed by atoms with E-state index in [-0.39, 0.29) is 6.04 Å². The molecule has 2 saturated heterocycles. The number of likely N-dealkylation sites (tertiary alicyclic amines) is 1. The number of rotatable bonds is 6. The van der Waals surface area contributed by atoms with Crippen LogP contribution in [0.25, 0.3) is 11.0 Å². The van der Waals surface area contributed by atoms with Crippen molar-refractivity contribution in [2.45, 2.75) is 62.7 Å². The van der Waals surface area contributed by atoms with Crippen molar-refractivity contribution in [2.24, 2.45) is 0 Å². The Hall–Kier alpha value is -1.14. The van der Waals surface area contributed by atoms with Crippen LogP contribution in [0.1, 0.15) is 63.2 Å². The first kappa shape index (κ1) is 18.2. The van der Waals surface area contributed by atoms with Crippen molar-refractivity contribution in [3.05, 3.63) is 30.1 Å². The number of para-hydroxylation sites is 2. The highest BCUT2D eigenvalue weighted by Crippen LogP contribution is 2.40. The minimum absolute atomic E-state index is 0.116. The summed E-state index contributed by atoms with van der Waals surface area (Å²) in [5, 5.41) is 0.813. The highest BCUT2D eigenvalue weighted by atomic mass is 33.1. The fraction of sp³-hybridized carbons (Fsp3) is 0.600. The van der Waals surface area contributed by atoms with E-state index in [0.29, 0.717) is 12.3 Å². The van der Waals surface area contributed by atoms with Gasteiger partial charge in [-0.2, -0.15) is 0 Å². The highest BCUT2D eigenvalue weighted by Gasteiger charge is 2.29. The van der Waals surface area contributed by atoms with Crippen molar-refractivity contribution in [3.8, 4) is 0 Å². The van der Waals surface area contributed by atoms with Crippen LogP contribution in [0.4, 0.5) is 0 Å². The molecule has 1 N–H and O–H groups in total. The number of carbonyl (C=O) groups excluding carboxylic acids is 1. The number of nitrogens with zero attached hydrogens (tertiary/aromatic N) is 2. The zero-order chi connectivity index (χ0) is 17.8. The molecule has 140 valence electrons. The Kier molecular flexibility index (Phi) is 6.10. The third-order valence-corrected chi connectivity index (χ3v) is 8.45. The number of piperidine rings is 1. The van der Waals surface area contributed by atoms with Gasteiger partial charge in [-0.05, 0) is 50.7 Å². The average molecular weight is 390 g/mol. The molecule has 2 atom stereocenters. The highest BCUT2D eigenvalue weighted by molar-refractivity contribution is 8.77. The van der Waals surface area contributed by atoms with Crippen LogP contribution in [0.2, 0.25) is 0 Å². The number of carbonyl (C=O) groups is 1. The Labute approximate surface area is 163 Å². The maximum Gasteiger partial charge on any atom is 0.223 e. The topological polar surface area (TPSA) is 49.0 Å². The normalized spacial score (nSPS) is 23.6. The number of hydrogen-bond acceptors (Lipinski definition) is 4. The fourth-order valence-corrected chi connectivity index (χ4v) is 7.03. The van der Waals surface area contributed by atoms with Gasteiger partial charge in [-0.1, -0.05) is 40.1 Å². The van der Waals surface area contributed by atoms with Gasteiger partial charge in [-0.15, -0.1) is 0 Å². The van der Waals surface area contributed by atoms with Crippen molar-refractivity contribution in [1.82, 2.24) is 14.9 Å². The largest absolute Gasteiger partial charge is 0.340 e. The Balaban J connectivity index is 1.36. The Morgan fingerprint density at radius 3 is 3.00 bits per heavy atom. The van der Waals surface area contributed by atoms with Crippen LogP contribution >= 0.6 is 21.6 Å². The van der Waals surface area contributed by atoms with Crippen molar-refractivity contribution >= 4 is 38.5 Å². The molecule has 0 aliphatic carbocycles. The van der Waals surface area contributed by atoms with Crippen LogP contribution in [-0.2, 0) is 4.79 Å². The van der Waals surface area contributed by atoms with E-state index in [0.717, 1.165) is 47.9 Å². The molecule has 26 heavy (non-hydrogen) atoms. The molecular weight excluding hydrogens is 362 g/mol. The molecule has 3 heterocycles. The number of hydrogen-bond donors (Lipinski definition) is 1. The third-order valence-electron chi connectivity index (χ3n) is 5.44. The summed E-state index contributed by atoms with van der Waals surface area (Å²) >= 11 is 0. The number of H-pyrrole nitrogens is 1. The average Bonchev–Trinajstić information content (AvgIpc) is 3.34. The van der Waals surface area contributed by atoms with Crippen LogP contribution in [0, 0.1) is 0 Å². The summed E-state index contributed by atoms with van der Waals surface area (Å²) in [5.41, 5.74) is 2.06. The van der Waals surface area contributed by atoms with Gasteiger partial charge >= 0.3 is 0 Å². The van der Waals surface area contributed by atoms with Crippen LogP contribution in [0.3, 0.4) is 0 Å². The summed E-state index contributed by atoms with van der Waals surface area (Å²) in [6.45, 7) is 0.871. The number of amides is 1. The minimum Gasteiger partial charge on any atom is -0.340 e. The maximum absolute atomic E-state index is 12.9. The van der Waals surface area contributed by atoms with Crippen LogP contribution in [-0.4, -0.2) is 38.3 Å². The second kappa shape index (κ2) is 8.70. The van der Waals surface area contributed by atoms with Gasteiger partial charge in [-0.3, -0.25) is 4.79 Å². The molecule has 0 unspecified atom stereocenters. The lowest BCUT2D eigenvalue weighted by atomic mass is 10.0. The number of nitrogens with one attached hydrogen (secondary N) is 1. The molecular formula is C20H27N3OS2. The molecule has 0 radical (unpaired) electrons. The van der Waals surface area contributed by atoms with E-state index in [1.165, 1.54) is 31.4 Å². The lowest BCUT2D eigenvalue weighted by Crippen LogP contribution is -2.38. The van der Waals surface area contributed by atoms with Crippen molar-refractivity contribution in [3.63, 3.8) is 0 Å². The van der Waals surface area contributed by atoms with Crippen molar-refractivity contribution < 1.29 is 4.79 Å². The number of fused-ring (bicyclic) bond motifs is 1. The first-order chi connectivity index (χ1) is 12.8. The summed E-state index contributed by atoms with van der Waals surface area (Å²) < 4.78 is 0. The molecule has 0 saturated carbocycles. The van der Waals surface area contributed by atoms with Gasteiger partial charge in [0.2, 0.25) is 5.91 Å². The first-order valence-electron chi connectivity index (χ1n) is 9.83. The van der Waals surface area contributed by atoms with Gasteiger partial charge in [0.1, 0.15) is 5.82 Å². The summed E-state index contributed by atoms with van der Waals surface area (Å²) in [4.78, 5) is 23.2. The quantitative estimate of drug-likeness (QED) is 0.536. The zero-order valence-corrected chi connectivity index (χ0v) is 16.8. The number of imidazole rings is 1. The fourth-order valence-electron chi connectivity index (χ4n) is 4.00. The van der Waals surface area contributed by atoms with E-state index in [2.05, 4.69) is 16.0 Å². The lowest BCUT2D eigenvalue weighted by Gasteiger charge is -2.34. The molecule has 1 amide bonds. The molecule has 2 aromatic rings. The summed E-state index contributed by atoms with van der Waals surface area (Å²) in [6, 6.07) is 8.24. The van der Waals surface area contributed by atoms with Gasteiger partial charge in [0.15, 0.2) is 0 Å². The second-order valence-corrected chi connectivity index (χ2v) is 10.1. The molecule has 6 heteroatoms. The van der Waals surface area contributed by atoms with E-state index in [4.69, 9.17) is 4.98 Å². The van der Waals surface area contributed by atoms with Gasteiger partial charge in [0.05, 0.1) is 17.1 Å². The number of benzene rings is 1. The van der Waals surface area contributed by atoms with E-state index in [1.807, 2.05) is 39.8 Å². The summed E-state index contributed by atoms with van der Waals surface area (Å²) in [6.07, 6.45) is 8.77. The molecule has 2 fully saturated rings.